The van der Waals surface area contributed by atoms with Gasteiger partial charge in [0.1, 0.15) is 11.8 Å². The van der Waals surface area contributed by atoms with Gasteiger partial charge in [-0.1, -0.05) is 54.7 Å². The second-order valence-electron chi connectivity index (χ2n) is 16.0. The van der Waals surface area contributed by atoms with E-state index in [1.807, 2.05) is 30.5 Å². The maximum atomic E-state index is 13.3. The average Bonchev–Trinajstić information content (AvgIpc) is 3.74. The molecule has 0 saturated carbocycles. The van der Waals surface area contributed by atoms with Crippen molar-refractivity contribution in [2.24, 2.45) is 11.8 Å². The smallest absolute Gasteiger partial charge is 0.256 e. The number of nitrogens with one attached hydrogen (secondary N) is 1. The van der Waals surface area contributed by atoms with Gasteiger partial charge in [-0.05, 0) is 129 Å². The number of thiophene rings is 1. The summed E-state index contributed by atoms with van der Waals surface area (Å²) in [5.41, 5.74) is 8.15. The number of carbonyl (C=O) groups excluding carboxylic acids is 3. The van der Waals surface area contributed by atoms with Gasteiger partial charge in [0.2, 0.25) is 11.8 Å². The van der Waals surface area contributed by atoms with Crippen LogP contribution in [0, 0.1) is 11.8 Å². The largest absolute Gasteiger partial charge is 0.508 e. The number of rotatable bonds is 9. The Morgan fingerprint density at radius 1 is 0.944 bits per heavy atom. The lowest BCUT2D eigenvalue weighted by Crippen LogP contribution is -2.52. The van der Waals surface area contributed by atoms with Crippen LogP contribution in [0.5, 0.6) is 5.75 Å². The molecular formula is C45H52N4O4S. The third kappa shape index (κ3) is 7.32. The number of allylic oxidation sites excluding steroid dienone is 5. The van der Waals surface area contributed by atoms with Crippen molar-refractivity contribution < 1.29 is 19.5 Å². The molecule has 2 N–H and O–H groups in total. The van der Waals surface area contributed by atoms with Gasteiger partial charge in [0, 0.05) is 54.5 Å². The Morgan fingerprint density at radius 2 is 1.72 bits per heavy atom. The van der Waals surface area contributed by atoms with E-state index in [1.54, 1.807) is 16.2 Å². The Bertz CT molecular complexity index is 1960. The molecule has 0 radical (unpaired) electrons. The highest BCUT2D eigenvalue weighted by Crippen LogP contribution is 2.46. The standard InChI is InChI=1S/C45H52N4O4S/c1-3-4-5-6-29(2)36-13-9-33-25-35(50)12-14-37(33)42(36)31-7-10-34(11-8-31)48-23-17-30(18-24-48)26-47-21-19-32(20-22-47)43-38-27-49(45(53)39(38)28-54-43)40-15-16-41(51)46-44(40)52/h3-8,10-12,14,25,28,30,32,36,40,42,50H,2,9,13,15-24,26-27H2,1H3,(H,46,51,52)/b4-3-,6-5-/t36-,40?,42+/m1/s1. The molecular weight excluding hydrogens is 693 g/mol. The number of phenols is 1. The predicted octanol–water partition coefficient (Wildman–Crippen LogP) is 7.69. The number of nitrogens with zero attached hydrogens (tertiary/aromatic N) is 3. The van der Waals surface area contributed by atoms with Gasteiger partial charge in [-0.2, -0.15) is 0 Å². The minimum absolute atomic E-state index is 0.0672. The molecule has 9 heteroatoms. The molecule has 2 aromatic carbocycles. The fraction of sp³-hybridized carbons (Fsp3) is 0.444. The molecule has 1 unspecified atom stereocenters. The van der Waals surface area contributed by atoms with E-state index in [4.69, 9.17) is 0 Å². The number of aryl methyl sites for hydroxylation is 1. The van der Waals surface area contributed by atoms with E-state index < -0.39 is 6.04 Å². The van der Waals surface area contributed by atoms with Crippen molar-refractivity contribution in [3.63, 3.8) is 0 Å². The number of piperidine rings is 3. The zero-order valence-electron chi connectivity index (χ0n) is 31.3. The summed E-state index contributed by atoms with van der Waals surface area (Å²) in [4.78, 5) is 45.6. The number of phenolic OH excluding ortho intramolecular Hbond substituents is 1. The molecule has 282 valence electrons. The first kappa shape index (κ1) is 36.5. The number of fused-ring (bicyclic) bond motifs is 2. The quantitative estimate of drug-likeness (QED) is 0.173. The topological polar surface area (TPSA) is 93.2 Å². The van der Waals surface area contributed by atoms with Gasteiger partial charge < -0.3 is 19.8 Å². The number of benzene rings is 2. The molecule has 1 aromatic heterocycles. The van der Waals surface area contributed by atoms with Gasteiger partial charge in [0.15, 0.2) is 0 Å². The minimum Gasteiger partial charge on any atom is -0.508 e. The minimum atomic E-state index is -0.556. The van der Waals surface area contributed by atoms with Crippen LogP contribution in [0.25, 0.3) is 0 Å². The number of imide groups is 1. The zero-order valence-corrected chi connectivity index (χ0v) is 32.2. The fourth-order valence-corrected chi connectivity index (χ4v) is 11.0. The Labute approximate surface area is 323 Å². The second kappa shape index (κ2) is 15.7. The van der Waals surface area contributed by atoms with Crippen LogP contribution in [0.3, 0.4) is 0 Å². The van der Waals surface area contributed by atoms with Gasteiger partial charge in [-0.3, -0.25) is 19.7 Å². The lowest BCUT2D eigenvalue weighted by molar-refractivity contribution is -0.136. The summed E-state index contributed by atoms with van der Waals surface area (Å²) in [6, 6.07) is 14.6. The Hall–Kier alpha value is -4.47. The first-order valence-electron chi connectivity index (χ1n) is 19.9. The summed E-state index contributed by atoms with van der Waals surface area (Å²) in [6.07, 6.45) is 15.5. The van der Waals surface area contributed by atoms with E-state index >= 15 is 0 Å². The lowest BCUT2D eigenvalue weighted by Gasteiger charge is -2.38. The molecule has 3 aromatic rings. The monoisotopic (exact) mass is 744 g/mol. The van der Waals surface area contributed by atoms with Crippen molar-refractivity contribution in [2.45, 2.75) is 82.7 Å². The van der Waals surface area contributed by atoms with Crippen molar-refractivity contribution in [3.8, 4) is 5.75 Å². The number of aromatic hydroxyl groups is 1. The highest BCUT2D eigenvalue weighted by Gasteiger charge is 2.42. The van der Waals surface area contributed by atoms with E-state index in [-0.39, 0.29) is 30.1 Å². The Balaban J connectivity index is 0.844. The van der Waals surface area contributed by atoms with Gasteiger partial charge in [0.25, 0.3) is 5.91 Å². The molecule has 8 nitrogen and oxygen atoms in total. The molecule has 3 saturated heterocycles. The molecule has 3 amide bonds. The van der Waals surface area contributed by atoms with Crippen molar-refractivity contribution in [3.05, 3.63) is 117 Å². The van der Waals surface area contributed by atoms with E-state index in [0.717, 1.165) is 75.1 Å². The van der Waals surface area contributed by atoms with E-state index in [2.05, 4.69) is 70.3 Å². The van der Waals surface area contributed by atoms with Crippen molar-refractivity contribution in [1.82, 2.24) is 15.1 Å². The van der Waals surface area contributed by atoms with Crippen LogP contribution in [0.1, 0.15) is 101 Å². The third-order valence-electron chi connectivity index (χ3n) is 12.7. The van der Waals surface area contributed by atoms with Gasteiger partial charge in [-0.25, -0.2) is 0 Å². The summed E-state index contributed by atoms with van der Waals surface area (Å²) in [6.45, 7) is 12.4. The summed E-state index contributed by atoms with van der Waals surface area (Å²) < 4.78 is 0. The van der Waals surface area contributed by atoms with Crippen LogP contribution < -0.4 is 10.2 Å². The first-order chi connectivity index (χ1) is 26.3. The van der Waals surface area contributed by atoms with Crippen LogP contribution >= 0.6 is 11.3 Å². The fourth-order valence-electron chi connectivity index (χ4n) is 9.75. The number of anilines is 1. The maximum absolute atomic E-state index is 13.3. The first-order valence-corrected chi connectivity index (χ1v) is 20.8. The highest BCUT2D eigenvalue weighted by molar-refractivity contribution is 7.10. The molecule has 1 aliphatic carbocycles. The zero-order chi connectivity index (χ0) is 37.3. The summed E-state index contributed by atoms with van der Waals surface area (Å²) in [5, 5.41) is 14.6. The molecule has 0 bridgehead atoms. The maximum Gasteiger partial charge on any atom is 0.256 e. The summed E-state index contributed by atoms with van der Waals surface area (Å²) >= 11 is 1.71. The summed E-state index contributed by atoms with van der Waals surface area (Å²) in [5.74, 6) is 1.33. The molecule has 4 aliphatic heterocycles. The van der Waals surface area contributed by atoms with Gasteiger partial charge >= 0.3 is 0 Å². The molecule has 0 spiro atoms. The number of likely N-dealkylation sites (tertiary alicyclic amines) is 1. The van der Waals surface area contributed by atoms with E-state index in [0.29, 0.717) is 36.5 Å². The predicted molar refractivity (Wildman–Crippen MR) is 215 cm³/mol. The van der Waals surface area contributed by atoms with Crippen molar-refractivity contribution in [2.75, 3.05) is 37.6 Å². The van der Waals surface area contributed by atoms with Crippen LogP contribution in [-0.2, 0) is 22.6 Å². The Kier molecular flexibility index (Phi) is 10.6. The molecule has 3 atom stereocenters. The van der Waals surface area contributed by atoms with Crippen molar-refractivity contribution in [1.29, 1.82) is 0 Å². The van der Waals surface area contributed by atoms with Crippen LogP contribution in [0.15, 0.2) is 84.3 Å². The van der Waals surface area contributed by atoms with E-state index in [9.17, 15) is 19.5 Å². The second-order valence-corrected chi connectivity index (χ2v) is 16.9. The summed E-state index contributed by atoms with van der Waals surface area (Å²) in [7, 11) is 0. The molecule has 3 fully saturated rings. The number of amides is 3. The molecule has 5 heterocycles. The lowest BCUT2D eigenvalue weighted by atomic mass is 9.69. The third-order valence-corrected chi connectivity index (χ3v) is 13.9. The molecule has 5 aliphatic rings. The van der Waals surface area contributed by atoms with Gasteiger partial charge in [0.05, 0.1) is 5.56 Å². The Morgan fingerprint density at radius 3 is 2.46 bits per heavy atom. The van der Waals surface area contributed by atoms with Crippen LogP contribution in [0.4, 0.5) is 5.69 Å². The number of hydrogen-bond acceptors (Lipinski definition) is 7. The van der Waals surface area contributed by atoms with E-state index in [1.165, 1.54) is 40.1 Å². The van der Waals surface area contributed by atoms with Crippen LogP contribution in [-0.4, -0.2) is 71.4 Å². The molecule has 8 rings (SSSR count). The SMILES string of the molecule is C=C(/C=C\C=C/C)[C@H]1CCc2cc(O)ccc2[C@H]1c1ccc(N2CCC(CN3CCC(c4scc5c4CN(C4CCC(=O)NC4=O)C5=O)CC3)CC2)cc1. The van der Waals surface area contributed by atoms with Crippen LogP contribution in [0.2, 0.25) is 0 Å². The van der Waals surface area contributed by atoms with Crippen molar-refractivity contribution >= 4 is 34.7 Å². The molecule has 54 heavy (non-hydrogen) atoms. The number of hydrogen-bond donors (Lipinski definition) is 2. The van der Waals surface area contributed by atoms with Gasteiger partial charge in [-0.15, -0.1) is 11.3 Å². The normalized spacial score (nSPS) is 24.4. The number of carbonyl (C=O) groups is 3. The average molecular weight is 745 g/mol. The highest BCUT2D eigenvalue weighted by atomic mass is 32.1.